The van der Waals surface area contributed by atoms with Crippen molar-refractivity contribution in [2.24, 2.45) is 17.3 Å². The molecule has 0 aromatic carbocycles. The summed E-state index contributed by atoms with van der Waals surface area (Å²) in [5.41, 5.74) is 0.281. The molecule has 1 aliphatic heterocycles. The Hall–Kier alpha value is -0.570. The lowest BCUT2D eigenvalue weighted by molar-refractivity contribution is -0.127. The number of amides is 1. The molecule has 1 amide bonds. The van der Waals surface area contributed by atoms with Crippen molar-refractivity contribution < 1.29 is 4.79 Å². The number of piperidine rings is 1. The predicted octanol–water partition coefficient (Wildman–Crippen LogP) is 1.93. The monoisotopic (exact) mass is 238 g/mol. The number of hydrogen-bond acceptors (Lipinski definition) is 2. The number of carbonyl (C=O) groups excluding carboxylic acids is 1. The molecular weight excluding hydrogens is 212 g/mol. The van der Waals surface area contributed by atoms with Crippen LogP contribution in [0.2, 0.25) is 0 Å². The lowest BCUT2D eigenvalue weighted by Crippen LogP contribution is -2.48. The molecule has 0 bridgehead atoms. The van der Waals surface area contributed by atoms with Gasteiger partial charge in [0.2, 0.25) is 5.91 Å². The third-order valence-corrected chi connectivity index (χ3v) is 4.51. The molecule has 2 N–H and O–H groups in total. The SMILES string of the molecule is CC1CNCC(C(=O)NC2CCCC2(C)C)C1. The fourth-order valence-corrected chi connectivity index (χ4v) is 3.24. The summed E-state index contributed by atoms with van der Waals surface area (Å²) < 4.78 is 0. The Balaban J connectivity index is 1.88. The number of hydrogen-bond donors (Lipinski definition) is 2. The van der Waals surface area contributed by atoms with Crippen LogP contribution in [0.15, 0.2) is 0 Å². The maximum absolute atomic E-state index is 12.2. The molecule has 3 nitrogen and oxygen atoms in total. The zero-order valence-corrected chi connectivity index (χ0v) is 11.4. The van der Waals surface area contributed by atoms with Crippen molar-refractivity contribution in [3.63, 3.8) is 0 Å². The quantitative estimate of drug-likeness (QED) is 0.772. The number of nitrogens with one attached hydrogen (secondary N) is 2. The molecule has 17 heavy (non-hydrogen) atoms. The van der Waals surface area contributed by atoms with Gasteiger partial charge in [0.05, 0.1) is 5.92 Å². The summed E-state index contributed by atoms with van der Waals surface area (Å²) in [6, 6.07) is 0.382. The van der Waals surface area contributed by atoms with Crippen molar-refractivity contribution in [3.8, 4) is 0 Å². The van der Waals surface area contributed by atoms with Gasteiger partial charge >= 0.3 is 0 Å². The van der Waals surface area contributed by atoms with Gasteiger partial charge < -0.3 is 10.6 Å². The van der Waals surface area contributed by atoms with Crippen molar-refractivity contribution in [3.05, 3.63) is 0 Å². The fraction of sp³-hybridized carbons (Fsp3) is 0.929. The van der Waals surface area contributed by atoms with E-state index in [0.29, 0.717) is 12.0 Å². The minimum atomic E-state index is 0.176. The summed E-state index contributed by atoms with van der Waals surface area (Å²) in [7, 11) is 0. The van der Waals surface area contributed by atoms with Crippen LogP contribution in [-0.2, 0) is 4.79 Å². The first-order chi connectivity index (χ1) is 7.99. The Morgan fingerprint density at radius 2 is 2.12 bits per heavy atom. The number of rotatable bonds is 2. The van der Waals surface area contributed by atoms with Gasteiger partial charge in [0.15, 0.2) is 0 Å². The van der Waals surface area contributed by atoms with E-state index in [0.717, 1.165) is 25.9 Å². The minimum Gasteiger partial charge on any atom is -0.353 e. The molecule has 0 aromatic rings. The first-order valence-corrected chi connectivity index (χ1v) is 7.00. The first kappa shape index (κ1) is 12.9. The third-order valence-electron chi connectivity index (χ3n) is 4.51. The van der Waals surface area contributed by atoms with Crippen molar-refractivity contribution >= 4 is 5.91 Å². The molecule has 2 rings (SSSR count). The Kier molecular flexibility index (Phi) is 3.76. The van der Waals surface area contributed by atoms with Gasteiger partial charge in [0, 0.05) is 12.6 Å². The second-order valence-corrected chi connectivity index (χ2v) is 6.64. The highest BCUT2D eigenvalue weighted by molar-refractivity contribution is 5.79. The van der Waals surface area contributed by atoms with E-state index in [-0.39, 0.29) is 17.2 Å². The minimum absolute atomic E-state index is 0.176. The van der Waals surface area contributed by atoms with Gasteiger partial charge in [-0.2, -0.15) is 0 Å². The molecule has 1 saturated carbocycles. The van der Waals surface area contributed by atoms with Crippen LogP contribution in [0.4, 0.5) is 0 Å². The fourth-order valence-electron chi connectivity index (χ4n) is 3.24. The second-order valence-electron chi connectivity index (χ2n) is 6.64. The summed E-state index contributed by atoms with van der Waals surface area (Å²) in [5, 5.41) is 6.63. The average molecular weight is 238 g/mol. The molecule has 0 radical (unpaired) electrons. The smallest absolute Gasteiger partial charge is 0.224 e. The predicted molar refractivity (Wildman–Crippen MR) is 69.7 cm³/mol. The van der Waals surface area contributed by atoms with Crippen molar-refractivity contribution in [2.45, 2.75) is 52.5 Å². The Bertz CT molecular complexity index is 288. The largest absolute Gasteiger partial charge is 0.353 e. The maximum atomic E-state index is 12.2. The van der Waals surface area contributed by atoms with Crippen molar-refractivity contribution in [1.82, 2.24) is 10.6 Å². The highest BCUT2D eigenvalue weighted by atomic mass is 16.2. The standard InChI is InChI=1S/C14H26N2O/c1-10-7-11(9-15-8-10)13(17)16-12-5-4-6-14(12,2)3/h10-12,15H,4-9H2,1-3H3,(H,16,17). The molecule has 3 atom stereocenters. The van der Waals surface area contributed by atoms with E-state index < -0.39 is 0 Å². The summed E-state index contributed by atoms with van der Waals surface area (Å²) in [5.74, 6) is 1.07. The summed E-state index contributed by atoms with van der Waals surface area (Å²) in [4.78, 5) is 12.2. The second kappa shape index (κ2) is 4.97. The Morgan fingerprint density at radius 1 is 1.35 bits per heavy atom. The van der Waals surface area contributed by atoms with Gasteiger partial charge in [-0.15, -0.1) is 0 Å². The molecule has 3 heteroatoms. The van der Waals surface area contributed by atoms with Gasteiger partial charge in [-0.3, -0.25) is 4.79 Å². The van der Waals surface area contributed by atoms with Gasteiger partial charge in [0.25, 0.3) is 0 Å². The van der Waals surface area contributed by atoms with Gasteiger partial charge in [-0.05, 0) is 37.1 Å². The van der Waals surface area contributed by atoms with E-state index in [4.69, 9.17) is 0 Å². The van der Waals surface area contributed by atoms with Crippen LogP contribution in [-0.4, -0.2) is 25.0 Å². The molecule has 0 aromatic heterocycles. The topological polar surface area (TPSA) is 41.1 Å². The lowest BCUT2D eigenvalue weighted by atomic mass is 9.86. The normalized spacial score (nSPS) is 36.8. The average Bonchev–Trinajstić information content (AvgIpc) is 2.58. The van der Waals surface area contributed by atoms with Crippen LogP contribution in [0, 0.1) is 17.3 Å². The van der Waals surface area contributed by atoms with E-state index >= 15 is 0 Å². The molecule has 2 fully saturated rings. The van der Waals surface area contributed by atoms with E-state index in [1.165, 1.54) is 12.8 Å². The molecule has 3 unspecified atom stereocenters. The van der Waals surface area contributed by atoms with Gasteiger partial charge in [-0.1, -0.05) is 27.2 Å². The highest BCUT2D eigenvalue weighted by Crippen LogP contribution is 2.37. The van der Waals surface area contributed by atoms with Crippen LogP contribution in [0.3, 0.4) is 0 Å². The summed E-state index contributed by atoms with van der Waals surface area (Å²) >= 11 is 0. The van der Waals surface area contributed by atoms with E-state index in [9.17, 15) is 4.79 Å². The molecule has 98 valence electrons. The van der Waals surface area contributed by atoms with Crippen LogP contribution in [0.25, 0.3) is 0 Å². The van der Waals surface area contributed by atoms with Crippen LogP contribution in [0.5, 0.6) is 0 Å². The van der Waals surface area contributed by atoms with Crippen LogP contribution in [0.1, 0.15) is 46.5 Å². The Labute approximate surface area is 105 Å². The van der Waals surface area contributed by atoms with E-state index in [1.54, 1.807) is 0 Å². The van der Waals surface area contributed by atoms with Gasteiger partial charge in [0.1, 0.15) is 0 Å². The first-order valence-electron chi connectivity index (χ1n) is 7.00. The highest BCUT2D eigenvalue weighted by Gasteiger charge is 2.36. The van der Waals surface area contributed by atoms with Crippen molar-refractivity contribution in [2.75, 3.05) is 13.1 Å². The summed E-state index contributed by atoms with van der Waals surface area (Å²) in [6.45, 7) is 8.66. The molecular formula is C14H26N2O. The molecule has 2 aliphatic rings. The molecule has 1 heterocycles. The van der Waals surface area contributed by atoms with E-state index in [1.807, 2.05) is 0 Å². The molecule has 1 saturated heterocycles. The van der Waals surface area contributed by atoms with Crippen molar-refractivity contribution in [1.29, 1.82) is 0 Å². The lowest BCUT2D eigenvalue weighted by Gasteiger charge is -2.32. The van der Waals surface area contributed by atoms with E-state index in [2.05, 4.69) is 31.4 Å². The Morgan fingerprint density at radius 3 is 2.71 bits per heavy atom. The van der Waals surface area contributed by atoms with Crippen LogP contribution >= 0.6 is 0 Å². The van der Waals surface area contributed by atoms with Gasteiger partial charge in [-0.25, -0.2) is 0 Å². The summed E-state index contributed by atoms with van der Waals surface area (Å²) in [6.07, 6.45) is 4.66. The third kappa shape index (κ3) is 3.01. The number of carbonyl (C=O) groups is 1. The molecule has 0 spiro atoms. The zero-order valence-electron chi connectivity index (χ0n) is 11.4. The van der Waals surface area contributed by atoms with Crippen LogP contribution < -0.4 is 10.6 Å². The molecule has 1 aliphatic carbocycles. The zero-order chi connectivity index (χ0) is 12.5. The maximum Gasteiger partial charge on any atom is 0.224 e.